The minimum Gasteiger partial charge on any atom is -0.497 e. The Bertz CT molecular complexity index is 1340. The van der Waals surface area contributed by atoms with Crippen molar-refractivity contribution in [3.8, 4) is 5.75 Å². The van der Waals surface area contributed by atoms with Gasteiger partial charge in [0, 0.05) is 31.5 Å². The quantitative estimate of drug-likeness (QED) is 0.336. The maximum Gasteiger partial charge on any atom is 0.407 e. The number of carbonyl (C=O) groups is 1. The van der Waals surface area contributed by atoms with E-state index >= 15 is 0 Å². The zero-order valence-electron chi connectivity index (χ0n) is 19.8. The molecule has 192 valence electrons. The van der Waals surface area contributed by atoms with E-state index in [0.717, 1.165) is 5.56 Å². The average molecular weight is 516 g/mol. The number of nitrogens with zero attached hydrogens (tertiary/aromatic N) is 3. The van der Waals surface area contributed by atoms with Crippen molar-refractivity contribution in [2.24, 2.45) is 0 Å². The van der Waals surface area contributed by atoms with Crippen LogP contribution >= 0.6 is 0 Å². The summed E-state index contributed by atoms with van der Waals surface area (Å²) in [6.07, 6.45) is 0.464. The third-order valence-electron chi connectivity index (χ3n) is 6.14. The summed E-state index contributed by atoms with van der Waals surface area (Å²) in [5.74, 6) is 0.871. The molecule has 0 saturated carbocycles. The van der Waals surface area contributed by atoms with Gasteiger partial charge in [-0.1, -0.05) is 18.2 Å². The number of aliphatic hydroxyl groups is 1. The number of rotatable bonds is 9. The lowest BCUT2D eigenvalue weighted by Gasteiger charge is -2.29. The number of aryl methyl sites for hydroxylation is 1. The molecule has 1 aliphatic heterocycles. The number of sulfonamides is 1. The first-order valence-electron chi connectivity index (χ1n) is 11.6. The second-order valence-corrected chi connectivity index (χ2v) is 10.5. The van der Waals surface area contributed by atoms with Crippen LogP contribution in [0.3, 0.4) is 0 Å². The smallest absolute Gasteiger partial charge is 0.407 e. The number of benzene rings is 2. The molecule has 0 radical (unpaired) electrons. The fraction of sp³-hybridized carbons (Fsp3) is 0.375. The van der Waals surface area contributed by atoms with E-state index in [1.807, 2.05) is 18.2 Å². The Morgan fingerprint density at radius 3 is 2.39 bits per heavy atom. The lowest BCUT2D eigenvalue weighted by molar-refractivity contribution is 0.136. The highest BCUT2D eigenvalue weighted by atomic mass is 32.2. The first kappa shape index (κ1) is 25.5. The van der Waals surface area contributed by atoms with Gasteiger partial charge in [0.05, 0.1) is 23.4 Å². The van der Waals surface area contributed by atoms with Gasteiger partial charge in [0.2, 0.25) is 10.0 Å². The highest BCUT2D eigenvalue weighted by Gasteiger charge is 2.32. The number of aliphatic hydroxyl groups excluding tert-OH is 1. The van der Waals surface area contributed by atoms with Crippen LogP contribution in [0.25, 0.3) is 11.0 Å². The fourth-order valence-electron chi connectivity index (χ4n) is 4.15. The third kappa shape index (κ3) is 5.77. The van der Waals surface area contributed by atoms with Gasteiger partial charge in [0.1, 0.15) is 5.75 Å². The summed E-state index contributed by atoms with van der Waals surface area (Å²) in [6, 6.07) is 12.6. The van der Waals surface area contributed by atoms with E-state index in [2.05, 4.69) is 20.0 Å². The molecule has 12 heteroatoms. The predicted molar refractivity (Wildman–Crippen MR) is 136 cm³/mol. The zero-order valence-corrected chi connectivity index (χ0v) is 20.7. The number of nitrogens with one attached hydrogen (secondary N) is 2. The lowest BCUT2D eigenvalue weighted by Crippen LogP contribution is -2.43. The number of aromatic nitrogens is 2. The van der Waals surface area contributed by atoms with E-state index < -0.39 is 21.4 Å². The molecule has 0 atom stereocenters. The molecular formula is C24H29N5O6S. The van der Waals surface area contributed by atoms with E-state index in [9.17, 15) is 18.3 Å². The number of amides is 1. The number of methoxy groups -OCH3 is 1. The van der Waals surface area contributed by atoms with Crippen LogP contribution in [0, 0.1) is 0 Å². The number of anilines is 3. The van der Waals surface area contributed by atoms with Gasteiger partial charge in [0.25, 0.3) is 0 Å². The molecule has 2 aromatic carbocycles. The topological polar surface area (TPSA) is 154 Å². The second-order valence-electron chi connectivity index (χ2n) is 8.50. The number of hydrogen-bond donors (Lipinski definition) is 4. The van der Waals surface area contributed by atoms with Crippen LogP contribution in [0.15, 0.2) is 42.5 Å². The lowest BCUT2D eigenvalue weighted by atomic mass is 10.1. The van der Waals surface area contributed by atoms with Gasteiger partial charge in [0.15, 0.2) is 11.6 Å². The number of likely N-dealkylation sites (tertiary alicyclic amines) is 1. The molecule has 0 bridgehead atoms. The Hall–Kier alpha value is -3.64. The minimum atomic E-state index is -3.88. The van der Waals surface area contributed by atoms with E-state index in [0.29, 0.717) is 35.3 Å². The molecule has 2 heterocycles. The average Bonchev–Trinajstić information content (AvgIpc) is 2.88. The summed E-state index contributed by atoms with van der Waals surface area (Å²) < 4.78 is 34.5. The van der Waals surface area contributed by atoms with Crippen molar-refractivity contribution < 1.29 is 28.2 Å². The van der Waals surface area contributed by atoms with E-state index in [4.69, 9.17) is 9.84 Å². The van der Waals surface area contributed by atoms with Gasteiger partial charge in [-0.2, -0.15) is 0 Å². The van der Waals surface area contributed by atoms with Crippen LogP contribution in [0.1, 0.15) is 24.8 Å². The summed E-state index contributed by atoms with van der Waals surface area (Å²) in [6.45, 7) is 0.327. The first-order chi connectivity index (χ1) is 17.3. The molecule has 1 fully saturated rings. The number of ether oxygens (including phenoxy) is 1. The van der Waals surface area contributed by atoms with Crippen LogP contribution in [-0.2, 0) is 16.4 Å². The maximum absolute atomic E-state index is 13.3. The SMILES string of the molecule is COc1ccc(CCCO)c(Nc2nc3ccccc3nc2NS(=O)(=O)C2CCN(C(=O)O)CC2)c1. The molecule has 1 saturated heterocycles. The third-order valence-corrected chi connectivity index (χ3v) is 7.96. The molecular weight excluding hydrogens is 486 g/mol. The zero-order chi connectivity index (χ0) is 25.7. The monoisotopic (exact) mass is 515 g/mol. The number of carboxylic acid groups (broad SMARTS) is 1. The molecule has 4 N–H and O–H groups in total. The number of fused-ring (bicyclic) bond motifs is 1. The van der Waals surface area contributed by atoms with Gasteiger partial charge in [-0.3, -0.25) is 4.72 Å². The fourth-order valence-corrected chi connectivity index (χ4v) is 5.56. The van der Waals surface area contributed by atoms with Crippen molar-refractivity contribution in [2.45, 2.75) is 30.9 Å². The predicted octanol–water partition coefficient (Wildman–Crippen LogP) is 3.19. The Morgan fingerprint density at radius 2 is 1.78 bits per heavy atom. The van der Waals surface area contributed by atoms with Crippen molar-refractivity contribution in [3.05, 3.63) is 48.0 Å². The largest absolute Gasteiger partial charge is 0.497 e. The molecule has 0 aliphatic carbocycles. The van der Waals surface area contributed by atoms with Crippen molar-refractivity contribution in [3.63, 3.8) is 0 Å². The molecule has 0 spiro atoms. The second kappa shape index (κ2) is 11.0. The summed E-state index contributed by atoms with van der Waals surface area (Å²) in [5, 5.41) is 20.9. The van der Waals surface area contributed by atoms with Gasteiger partial charge >= 0.3 is 6.09 Å². The standard InChI is InChI=1S/C24H29N5O6S/c1-35-17-9-8-16(5-4-14-30)21(15-17)27-22-23(26-20-7-3-2-6-19(20)25-22)28-36(33,34)18-10-12-29(13-11-18)24(31)32/h2-3,6-9,15,18,30H,4-5,10-14H2,1H3,(H,25,27)(H,26,28)(H,31,32). The Morgan fingerprint density at radius 1 is 1.11 bits per heavy atom. The summed E-state index contributed by atoms with van der Waals surface area (Å²) in [5.41, 5.74) is 2.65. The van der Waals surface area contributed by atoms with Gasteiger partial charge in [-0.25, -0.2) is 23.2 Å². The number of para-hydroxylation sites is 2. The molecule has 11 nitrogen and oxygen atoms in total. The van der Waals surface area contributed by atoms with Gasteiger partial charge in [-0.15, -0.1) is 0 Å². The number of piperidine rings is 1. The van der Waals surface area contributed by atoms with E-state index in [-0.39, 0.29) is 44.2 Å². The summed E-state index contributed by atoms with van der Waals surface area (Å²) in [7, 11) is -2.32. The van der Waals surface area contributed by atoms with Crippen LogP contribution in [0.5, 0.6) is 5.75 Å². The highest BCUT2D eigenvalue weighted by molar-refractivity contribution is 7.93. The van der Waals surface area contributed by atoms with Gasteiger partial charge in [-0.05, 0) is 49.4 Å². The molecule has 1 aromatic heterocycles. The first-order valence-corrected chi connectivity index (χ1v) is 13.2. The molecule has 0 unspecified atom stereocenters. The van der Waals surface area contributed by atoms with Crippen LogP contribution in [0.4, 0.5) is 22.1 Å². The van der Waals surface area contributed by atoms with Crippen LogP contribution < -0.4 is 14.8 Å². The molecule has 1 amide bonds. The molecule has 36 heavy (non-hydrogen) atoms. The molecule has 1 aliphatic rings. The minimum absolute atomic E-state index is 0.0347. The van der Waals surface area contributed by atoms with Crippen molar-refractivity contribution in [2.75, 3.05) is 36.8 Å². The van der Waals surface area contributed by atoms with Crippen LogP contribution in [-0.4, -0.2) is 71.6 Å². The van der Waals surface area contributed by atoms with E-state index in [1.165, 1.54) is 4.90 Å². The molecule has 4 rings (SSSR count). The summed E-state index contributed by atoms with van der Waals surface area (Å²) >= 11 is 0. The van der Waals surface area contributed by atoms with E-state index in [1.54, 1.807) is 31.4 Å². The van der Waals surface area contributed by atoms with Crippen molar-refractivity contribution >= 4 is 44.5 Å². The summed E-state index contributed by atoms with van der Waals surface area (Å²) in [4.78, 5) is 21.6. The Labute approximate surface area is 209 Å². The van der Waals surface area contributed by atoms with Crippen LogP contribution in [0.2, 0.25) is 0 Å². The maximum atomic E-state index is 13.3. The molecule has 3 aromatic rings. The highest BCUT2D eigenvalue weighted by Crippen LogP contribution is 2.31. The van der Waals surface area contributed by atoms with Gasteiger partial charge < -0.3 is 25.2 Å². The number of hydrogen-bond acceptors (Lipinski definition) is 8. The van der Waals surface area contributed by atoms with Crippen molar-refractivity contribution in [1.29, 1.82) is 0 Å². The van der Waals surface area contributed by atoms with Crippen molar-refractivity contribution in [1.82, 2.24) is 14.9 Å². The normalized spacial score (nSPS) is 14.6. The Balaban J connectivity index is 1.68. The Kier molecular flexibility index (Phi) is 7.75.